The van der Waals surface area contributed by atoms with Gasteiger partial charge in [-0.3, -0.25) is 0 Å². The fourth-order valence-electron chi connectivity index (χ4n) is 1.55. The molecule has 0 radical (unpaired) electrons. The third kappa shape index (κ3) is 2.83. The Labute approximate surface area is 102 Å². The maximum atomic E-state index is 11.2. The van der Waals surface area contributed by atoms with E-state index in [0.717, 1.165) is 15.0 Å². The Morgan fingerprint density at radius 2 is 2.06 bits per heavy atom. The fraction of sp³-hybridized carbons (Fsp3) is 0.182. The summed E-state index contributed by atoms with van der Waals surface area (Å²) in [5.74, 6) is -0.987. The number of carboxylic acid groups (broad SMARTS) is 1. The van der Waals surface area contributed by atoms with Gasteiger partial charge in [-0.15, -0.1) is 11.3 Å². The van der Waals surface area contributed by atoms with Gasteiger partial charge in [0.1, 0.15) is 0 Å². The number of carbonyl (C=O) groups is 1. The summed E-state index contributed by atoms with van der Waals surface area (Å²) in [7, 11) is -3.06. The second-order valence-corrected chi connectivity index (χ2v) is 7.15. The van der Waals surface area contributed by atoms with Crippen LogP contribution < -0.4 is 0 Å². The Kier molecular flexibility index (Phi) is 2.92. The molecule has 0 bridgehead atoms. The van der Waals surface area contributed by atoms with Crippen LogP contribution in [0.3, 0.4) is 0 Å². The van der Waals surface area contributed by atoms with Gasteiger partial charge in [-0.05, 0) is 23.6 Å². The molecule has 1 heterocycles. The van der Waals surface area contributed by atoms with Crippen LogP contribution in [0.2, 0.25) is 0 Å². The van der Waals surface area contributed by atoms with E-state index in [2.05, 4.69) is 0 Å². The smallest absolute Gasteiger partial charge is 0.335 e. The number of sulfone groups is 1. The lowest BCUT2D eigenvalue weighted by atomic mass is 10.2. The van der Waals surface area contributed by atoms with E-state index < -0.39 is 15.8 Å². The average molecular weight is 270 g/mol. The van der Waals surface area contributed by atoms with Crippen molar-refractivity contribution in [2.45, 2.75) is 5.75 Å². The number of fused-ring (bicyclic) bond motifs is 1. The Bertz CT molecular complexity index is 683. The quantitative estimate of drug-likeness (QED) is 0.927. The third-order valence-corrected chi connectivity index (χ3v) is 4.34. The highest BCUT2D eigenvalue weighted by atomic mass is 32.2. The van der Waals surface area contributed by atoms with Crippen LogP contribution >= 0.6 is 11.3 Å². The van der Waals surface area contributed by atoms with Crippen molar-refractivity contribution in [1.82, 2.24) is 0 Å². The molecule has 1 N–H and O–H groups in total. The first-order valence-corrected chi connectivity index (χ1v) is 7.66. The van der Waals surface area contributed by atoms with E-state index in [-0.39, 0.29) is 11.3 Å². The molecule has 17 heavy (non-hydrogen) atoms. The van der Waals surface area contributed by atoms with E-state index in [1.807, 2.05) is 0 Å². The molecule has 2 rings (SSSR count). The highest BCUT2D eigenvalue weighted by Crippen LogP contribution is 2.27. The minimum Gasteiger partial charge on any atom is -0.478 e. The van der Waals surface area contributed by atoms with Crippen LogP contribution in [0, 0.1) is 0 Å². The van der Waals surface area contributed by atoms with E-state index in [1.165, 1.54) is 23.7 Å². The van der Waals surface area contributed by atoms with Crippen LogP contribution in [0.25, 0.3) is 10.1 Å². The summed E-state index contributed by atoms with van der Waals surface area (Å²) in [6.07, 6.45) is 1.18. The molecule has 1 aromatic heterocycles. The highest BCUT2D eigenvalue weighted by molar-refractivity contribution is 7.90. The number of aromatic carboxylic acids is 1. The van der Waals surface area contributed by atoms with Crippen molar-refractivity contribution in [2.75, 3.05) is 6.26 Å². The van der Waals surface area contributed by atoms with Gasteiger partial charge in [0.15, 0.2) is 9.84 Å². The predicted molar refractivity (Wildman–Crippen MR) is 67.3 cm³/mol. The summed E-state index contributed by atoms with van der Waals surface area (Å²) < 4.78 is 23.1. The summed E-state index contributed by atoms with van der Waals surface area (Å²) in [5.41, 5.74) is 0.213. The zero-order chi connectivity index (χ0) is 12.6. The molecule has 0 aliphatic carbocycles. The minimum atomic E-state index is -3.06. The molecule has 0 saturated heterocycles. The fourth-order valence-corrected chi connectivity index (χ4v) is 3.93. The van der Waals surface area contributed by atoms with Gasteiger partial charge in [0, 0.05) is 15.8 Å². The second-order valence-electron chi connectivity index (χ2n) is 3.84. The lowest BCUT2D eigenvalue weighted by Gasteiger charge is -1.93. The largest absolute Gasteiger partial charge is 0.478 e. The first kappa shape index (κ1) is 12.1. The molecule has 0 spiro atoms. The van der Waals surface area contributed by atoms with Gasteiger partial charge in [-0.25, -0.2) is 13.2 Å². The van der Waals surface area contributed by atoms with Gasteiger partial charge in [0.2, 0.25) is 0 Å². The third-order valence-electron chi connectivity index (χ3n) is 2.22. The number of benzene rings is 1. The van der Waals surface area contributed by atoms with Crippen LogP contribution in [0.15, 0.2) is 24.3 Å². The minimum absolute atomic E-state index is 0.00521. The molecular weight excluding hydrogens is 260 g/mol. The van der Waals surface area contributed by atoms with E-state index in [1.54, 1.807) is 18.2 Å². The summed E-state index contributed by atoms with van der Waals surface area (Å²) >= 11 is 1.31. The maximum Gasteiger partial charge on any atom is 0.335 e. The highest BCUT2D eigenvalue weighted by Gasteiger charge is 2.10. The van der Waals surface area contributed by atoms with Gasteiger partial charge >= 0.3 is 5.97 Å². The lowest BCUT2D eigenvalue weighted by Crippen LogP contribution is -1.98. The maximum absolute atomic E-state index is 11.2. The first-order valence-electron chi connectivity index (χ1n) is 4.79. The number of rotatable bonds is 3. The lowest BCUT2D eigenvalue weighted by molar-refractivity contribution is 0.0697. The molecule has 4 nitrogen and oxygen atoms in total. The SMILES string of the molecule is CS(=O)(=O)Cc1cc2ccc(C(=O)O)cc2s1. The Morgan fingerprint density at radius 3 is 2.65 bits per heavy atom. The summed E-state index contributed by atoms with van der Waals surface area (Å²) in [6, 6.07) is 6.56. The van der Waals surface area contributed by atoms with Gasteiger partial charge in [-0.1, -0.05) is 6.07 Å². The standard InChI is InChI=1S/C11H10O4S2/c1-17(14,15)6-9-4-7-2-3-8(11(12)13)5-10(7)16-9/h2-5H,6H2,1H3,(H,12,13). The zero-order valence-electron chi connectivity index (χ0n) is 9.00. The zero-order valence-corrected chi connectivity index (χ0v) is 10.6. The average Bonchev–Trinajstić information content (AvgIpc) is 2.54. The summed E-state index contributed by atoms with van der Waals surface area (Å²) in [4.78, 5) is 11.5. The second kappa shape index (κ2) is 4.12. The number of thiophene rings is 1. The normalized spacial score (nSPS) is 11.8. The number of hydrogen-bond donors (Lipinski definition) is 1. The van der Waals surface area contributed by atoms with Gasteiger partial charge in [0.05, 0.1) is 11.3 Å². The van der Waals surface area contributed by atoms with E-state index in [9.17, 15) is 13.2 Å². The molecular formula is C11H10O4S2. The van der Waals surface area contributed by atoms with Crippen LogP contribution in [-0.2, 0) is 15.6 Å². The molecule has 0 unspecified atom stereocenters. The molecule has 2 aromatic rings. The van der Waals surface area contributed by atoms with Crippen molar-refractivity contribution < 1.29 is 18.3 Å². The van der Waals surface area contributed by atoms with E-state index in [0.29, 0.717) is 0 Å². The Hall–Kier alpha value is -1.40. The molecule has 0 saturated carbocycles. The van der Waals surface area contributed by atoms with Crippen LogP contribution in [-0.4, -0.2) is 25.7 Å². The van der Waals surface area contributed by atoms with Crippen molar-refractivity contribution in [3.05, 3.63) is 34.7 Å². The van der Waals surface area contributed by atoms with Crippen molar-refractivity contribution in [3.8, 4) is 0 Å². The van der Waals surface area contributed by atoms with Crippen molar-refractivity contribution in [2.24, 2.45) is 0 Å². The van der Waals surface area contributed by atoms with Crippen LogP contribution in [0.5, 0.6) is 0 Å². The number of hydrogen-bond acceptors (Lipinski definition) is 4. The molecule has 0 fully saturated rings. The van der Waals surface area contributed by atoms with Gasteiger partial charge in [-0.2, -0.15) is 0 Å². The van der Waals surface area contributed by atoms with Crippen LogP contribution in [0.4, 0.5) is 0 Å². The number of carboxylic acids is 1. The van der Waals surface area contributed by atoms with Crippen molar-refractivity contribution in [3.63, 3.8) is 0 Å². The topological polar surface area (TPSA) is 71.4 Å². The first-order chi connectivity index (χ1) is 7.85. The molecule has 0 aliphatic heterocycles. The van der Waals surface area contributed by atoms with E-state index in [4.69, 9.17) is 5.11 Å². The molecule has 6 heteroatoms. The summed E-state index contributed by atoms with van der Waals surface area (Å²) in [5, 5.41) is 9.72. The molecule has 0 atom stereocenters. The Morgan fingerprint density at radius 1 is 1.35 bits per heavy atom. The van der Waals surface area contributed by atoms with Crippen LogP contribution in [0.1, 0.15) is 15.2 Å². The van der Waals surface area contributed by atoms with Crippen molar-refractivity contribution in [1.29, 1.82) is 0 Å². The predicted octanol–water partition coefficient (Wildman–Crippen LogP) is 2.14. The van der Waals surface area contributed by atoms with Gasteiger partial charge in [0.25, 0.3) is 0 Å². The molecule has 1 aromatic carbocycles. The van der Waals surface area contributed by atoms with Crippen molar-refractivity contribution >= 4 is 37.2 Å². The molecule has 90 valence electrons. The molecule has 0 amide bonds. The molecule has 0 aliphatic rings. The van der Waals surface area contributed by atoms with E-state index >= 15 is 0 Å². The Balaban J connectivity index is 2.47. The van der Waals surface area contributed by atoms with Gasteiger partial charge < -0.3 is 5.11 Å². The monoisotopic (exact) mass is 270 g/mol. The summed E-state index contributed by atoms with van der Waals surface area (Å²) in [6.45, 7) is 0.